The molecule has 1 heterocycles. The van der Waals surface area contributed by atoms with Gasteiger partial charge in [-0.15, -0.1) is 0 Å². The van der Waals surface area contributed by atoms with Crippen LogP contribution in [0.2, 0.25) is 0 Å². The molecule has 0 aliphatic heterocycles. The number of hydrogen-bond donors (Lipinski definition) is 1. The van der Waals surface area contributed by atoms with Gasteiger partial charge in [-0.25, -0.2) is 0 Å². The van der Waals surface area contributed by atoms with Gasteiger partial charge in [-0.3, -0.25) is 0 Å². The fourth-order valence-corrected chi connectivity index (χ4v) is 1.28. The lowest BCUT2D eigenvalue weighted by Gasteiger charge is -2.16. The smallest absolute Gasteiger partial charge is 0.195 e. The van der Waals surface area contributed by atoms with Gasteiger partial charge in [-0.05, 0) is 19.9 Å². The molecule has 0 aromatic carbocycles. The quantitative estimate of drug-likeness (QED) is 0.789. The number of furan rings is 1. The predicted octanol–water partition coefficient (Wildman–Crippen LogP) is 1.65. The number of nitrogens with zero attached hydrogens (tertiary/aromatic N) is 2. The molecule has 1 aromatic rings. The van der Waals surface area contributed by atoms with Gasteiger partial charge in [0.2, 0.25) is 0 Å². The van der Waals surface area contributed by atoms with E-state index in [1.54, 1.807) is 6.07 Å². The minimum absolute atomic E-state index is 0.523. The monoisotopic (exact) mass is 193 g/mol. The average molecular weight is 193 g/mol. The van der Waals surface area contributed by atoms with Crippen LogP contribution < -0.4 is 10.6 Å². The molecule has 0 saturated heterocycles. The lowest BCUT2D eigenvalue weighted by molar-refractivity contribution is 0.489. The molecule has 1 rings (SSSR count). The molecule has 0 unspecified atom stereocenters. The second-order valence-corrected chi connectivity index (χ2v) is 2.96. The molecule has 0 aliphatic carbocycles. The molecule has 1 aromatic heterocycles. The Balaban J connectivity index is 2.82. The third-order valence-electron chi connectivity index (χ3n) is 2.13. The average Bonchev–Trinajstić information content (AvgIpc) is 2.68. The van der Waals surface area contributed by atoms with E-state index < -0.39 is 6.04 Å². The molecule has 1 atom stereocenters. The predicted molar refractivity (Wildman–Crippen MR) is 54.8 cm³/mol. The van der Waals surface area contributed by atoms with Gasteiger partial charge < -0.3 is 15.1 Å². The minimum Gasteiger partial charge on any atom is -0.443 e. The van der Waals surface area contributed by atoms with Gasteiger partial charge in [0.25, 0.3) is 0 Å². The van der Waals surface area contributed by atoms with E-state index in [-0.39, 0.29) is 0 Å². The van der Waals surface area contributed by atoms with Crippen LogP contribution in [0.15, 0.2) is 16.5 Å². The first-order valence-corrected chi connectivity index (χ1v) is 4.72. The Morgan fingerprint density at radius 3 is 2.64 bits per heavy atom. The Bertz CT molecular complexity index is 322. The molecule has 2 N–H and O–H groups in total. The van der Waals surface area contributed by atoms with Crippen LogP contribution in [-0.4, -0.2) is 13.1 Å². The normalized spacial score (nSPS) is 12.1. The number of nitriles is 1. The Morgan fingerprint density at radius 1 is 1.50 bits per heavy atom. The largest absolute Gasteiger partial charge is 0.443 e. The third-order valence-corrected chi connectivity index (χ3v) is 2.13. The van der Waals surface area contributed by atoms with Crippen molar-refractivity contribution in [1.82, 2.24) is 0 Å². The van der Waals surface area contributed by atoms with Gasteiger partial charge in [0, 0.05) is 19.2 Å². The summed E-state index contributed by atoms with van der Waals surface area (Å²) in [5, 5.41) is 8.60. The maximum absolute atomic E-state index is 8.60. The highest BCUT2D eigenvalue weighted by molar-refractivity contribution is 5.37. The summed E-state index contributed by atoms with van der Waals surface area (Å²) in [6, 6.07) is 4.87. The Labute approximate surface area is 83.9 Å². The van der Waals surface area contributed by atoms with Crippen LogP contribution in [0.3, 0.4) is 0 Å². The minimum atomic E-state index is -0.667. The van der Waals surface area contributed by atoms with E-state index in [9.17, 15) is 0 Å². The molecule has 76 valence electrons. The molecule has 0 fully saturated rings. The fourth-order valence-electron chi connectivity index (χ4n) is 1.28. The molecule has 0 bridgehead atoms. The van der Waals surface area contributed by atoms with Crippen molar-refractivity contribution in [1.29, 1.82) is 5.26 Å². The summed E-state index contributed by atoms with van der Waals surface area (Å²) in [5.41, 5.74) is 5.52. The molecule has 0 amide bonds. The van der Waals surface area contributed by atoms with E-state index in [1.807, 2.05) is 12.1 Å². The van der Waals surface area contributed by atoms with E-state index >= 15 is 0 Å². The van der Waals surface area contributed by atoms with Crippen molar-refractivity contribution in [3.63, 3.8) is 0 Å². The first-order valence-electron chi connectivity index (χ1n) is 4.72. The number of nitrogens with two attached hydrogens (primary N) is 1. The second-order valence-electron chi connectivity index (χ2n) is 2.96. The van der Waals surface area contributed by atoms with Crippen molar-refractivity contribution in [2.45, 2.75) is 19.9 Å². The van der Waals surface area contributed by atoms with Crippen molar-refractivity contribution in [3.05, 3.63) is 17.9 Å². The summed E-state index contributed by atoms with van der Waals surface area (Å²) in [6.07, 6.45) is 0. The molecular formula is C10H15N3O. The van der Waals surface area contributed by atoms with E-state index in [4.69, 9.17) is 15.4 Å². The molecule has 0 aliphatic rings. The van der Waals surface area contributed by atoms with Gasteiger partial charge in [-0.2, -0.15) is 5.26 Å². The van der Waals surface area contributed by atoms with Crippen molar-refractivity contribution in [2.75, 3.05) is 18.0 Å². The van der Waals surface area contributed by atoms with Crippen LogP contribution in [0.25, 0.3) is 0 Å². The molecular weight excluding hydrogens is 178 g/mol. The Kier molecular flexibility index (Phi) is 3.55. The molecule has 4 nitrogen and oxygen atoms in total. The first-order chi connectivity index (χ1) is 6.72. The van der Waals surface area contributed by atoms with E-state index in [2.05, 4.69) is 18.7 Å². The zero-order valence-corrected chi connectivity index (χ0v) is 8.53. The Hall–Kier alpha value is -1.47. The summed E-state index contributed by atoms with van der Waals surface area (Å²) in [5.74, 6) is 1.30. The summed E-state index contributed by atoms with van der Waals surface area (Å²) >= 11 is 0. The molecule has 14 heavy (non-hydrogen) atoms. The highest BCUT2D eigenvalue weighted by atomic mass is 16.4. The molecule has 4 heteroatoms. The van der Waals surface area contributed by atoms with Gasteiger partial charge in [0.05, 0.1) is 6.07 Å². The summed E-state index contributed by atoms with van der Waals surface area (Å²) in [7, 11) is 0. The number of anilines is 1. The zero-order chi connectivity index (χ0) is 10.6. The summed E-state index contributed by atoms with van der Waals surface area (Å²) < 4.78 is 5.46. The maximum Gasteiger partial charge on any atom is 0.195 e. The zero-order valence-electron chi connectivity index (χ0n) is 8.53. The van der Waals surface area contributed by atoms with Gasteiger partial charge >= 0.3 is 0 Å². The Morgan fingerprint density at radius 2 is 2.14 bits per heavy atom. The topological polar surface area (TPSA) is 66.2 Å². The SMILES string of the molecule is CCN(CC)c1ccc([C@H](N)C#N)o1. The van der Waals surface area contributed by atoms with Crippen LogP contribution in [-0.2, 0) is 0 Å². The van der Waals surface area contributed by atoms with Crippen LogP contribution in [0.4, 0.5) is 5.88 Å². The van der Waals surface area contributed by atoms with E-state index in [1.165, 1.54) is 0 Å². The van der Waals surface area contributed by atoms with Crippen LogP contribution >= 0.6 is 0 Å². The van der Waals surface area contributed by atoms with E-state index in [0.29, 0.717) is 5.76 Å². The number of hydrogen-bond acceptors (Lipinski definition) is 4. The second kappa shape index (κ2) is 4.68. The highest BCUT2D eigenvalue weighted by Gasteiger charge is 2.12. The van der Waals surface area contributed by atoms with Gasteiger partial charge in [0.15, 0.2) is 11.9 Å². The maximum atomic E-state index is 8.60. The van der Waals surface area contributed by atoms with Crippen LogP contribution in [0, 0.1) is 11.3 Å². The van der Waals surface area contributed by atoms with Crippen molar-refractivity contribution >= 4 is 5.88 Å². The first kappa shape index (κ1) is 10.6. The number of rotatable bonds is 4. The van der Waals surface area contributed by atoms with Crippen molar-refractivity contribution in [2.24, 2.45) is 5.73 Å². The molecule has 0 radical (unpaired) electrons. The van der Waals surface area contributed by atoms with Gasteiger partial charge in [0.1, 0.15) is 5.76 Å². The van der Waals surface area contributed by atoms with Crippen molar-refractivity contribution < 1.29 is 4.42 Å². The van der Waals surface area contributed by atoms with Crippen LogP contribution in [0.5, 0.6) is 0 Å². The lowest BCUT2D eigenvalue weighted by atomic mass is 10.3. The fraction of sp³-hybridized carbons (Fsp3) is 0.500. The van der Waals surface area contributed by atoms with E-state index in [0.717, 1.165) is 19.0 Å². The summed E-state index contributed by atoms with van der Waals surface area (Å²) in [6.45, 7) is 5.86. The van der Waals surface area contributed by atoms with Crippen LogP contribution in [0.1, 0.15) is 25.6 Å². The standard InChI is InChI=1S/C10H15N3O/c1-3-13(4-2)10-6-5-9(14-10)8(12)7-11/h5-6,8H,3-4,12H2,1-2H3/t8-/m1/s1. The molecule has 0 saturated carbocycles. The highest BCUT2D eigenvalue weighted by Crippen LogP contribution is 2.21. The third kappa shape index (κ3) is 2.06. The van der Waals surface area contributed by atoms with Crippen molar-refractivity contribution in [3.8, 4) is 6.07 Å². The summed E-state index contributed by atoms with van der Waals surface area (Å²) in [4.78, 5) is 2.06. The lowest BCUT2D eigenvalue weighted by Crippen LogP contribution is -2.21. The van der Waals surface area contributed by atoms with Gasteiger partial charge in [-0.1, -0.05) is 0 Å². The molecule has 0 spiro atoms.